The molecule has 23 heavy (non-hydrogen) atoms. The van der Waals surface area contributed by atoms with Crippen molar-refractivity contribution in [3.63, 3.8) is 0 Å². The van der Waals surface area contributed by atoms with Gasteiger partial charge in [0.15, 0.2) is 0 Å². The smallest absolute Gasteiger partial charge is 0.319 e. The number of hydrogen-bond donors (Lipinski definition) is 2. The summed E-state index contributed by atoms with van der Waals surface area (Å²) in [7, 11) is 0. The summed E-state index contributed by atoms with van der Waals surface area (Å²) in [6.45, 7) is 4.73. The number of para-hydroxylation sites is 1. The van der Waals surface area contributed by atoms with E-state index in [4.69, 9.17) is 0 Å². The lowest BCUT2D eigenvalue weighted by molar-refractivity contribution is 0.252. The zero-order valence-electron chi connectivity index (χ0n) is 13.6. The van der Waals surface area contributed by atoms with E-state index in [1.54, 1.807) is 6.07 Å². The van der Waals surface area contributed by atoms with Crippen LogP contribution in [0.15, 0.2) is 48.5 Å². The molecular weight excluding hydrogens is 291 g/mol. The largest absolute Gasteiger partial charge is 0.338 e. The second-order valence-electron chi connectivity index (χ2n) is 5.66. The number of rotatable bonds is 6. The Morgan fingerprint density at radius 1 is 1.17 bits per heavy atom. The zero-order chi connectivity index (χ0) is 16.7. The molecular formula is C19H23FN2O. The molecule has 1 atom stereocenters. The van der Waals surface area contributed by atoms with Gasteiger partial charge < -0.3 is 10.6 Å². The van der Waals surface area contributed by atoms with Gasteiger partial charge in [0.1, 0.15) is 5.82 Å². The van der Waals surface area contributed by atoms with E-state index in [0.717, 1.165) is 23.2 Å². The number of urea groups is 1. The Bertz CT molecular complexity index is 657. The summed E-state index contributed by atoms with van der Waals surface area (Å²) in [4.78, 5) is 12.0. The van der Waals surface area contributed by atoms with Crippen LogP contribution >= 0.6 is 0 Å². The molecule has 3 nitrogen and oxygen atoms in total. The summed E-state index contributed by atoms with van der Waals surface area (Å²) >= 11 is 0. The predicted molar refractivity (Wildman–Crippen MR) is 92.3 cm³/mol. The van der Waals surface area contributed by atoms with Crippen LogP contribution in [0.3, 0.4) is 0 Å². The molecule has 0 heterocycles. The maximum Gasteiger partial charge on any atom is 0.319 e. The minimum Gasteiger partial charge on any atom is -0.338 e. The van der Waals surface area contributed by atoms with Crippen LogP contribution in [0, 0.1) is 5.82 Å². The van der Waals surface area contributed by atoms with Gasteiger partial charge >= 0.3 is 6.03 Å². The first-order valence-electron chi connectivity index (χ1n) is 7.98. The lowest BCUT2D eigenvalue weighted by Gasteiger charge is -2.16. The number of carbonyl (C=O) groups is 1. The predicted octanol–water partition coefficient (Wildman–Crippen LogP) is 4.70. The Hall–Kier alpha value is -2.36. The first kappa shape index (κ1) is 17.0. The number of hydrogen-bond acceptors (Lipinski definition) is 1. The zero-order valence-corrected chi connectivity index (χ0v) is 13.6. The van der Waals surface area contributed by atoms with Gasteiger partial charge in [-0.1, -0.05) is 44.2 Å². The molecule has 2 N–H and O–H groups in total. The van der Waals surface area contributed by atoms with Gasteiger partial charge in [-0.15, -0.1) is 0 Å². The van der Waals surface area contributed by atoms with Crippen LogP contribution in [0.25, 0.3) is 0 Å². The minimum atomic E-state index is -0.255. The molecule has 0 fully saturated rings. The first-order valence-corrected chi connectivity index (χ1v) is 7.98. The van der Waals surface area contributed by atoms with Crippen LogP contribution in [-0.4, -0.2) is 12.6 Å². The van der Waals surface area contributed by atoms with E-state index in [2.05, 4.69) is 24.5 Å². The van der Waals surface area contributed by atoms with Gasteiger partial charge in [-0.3, -0.25) is 0 Å². The lowest BCUT2D eigenvalue weighted by atomic mass is 9.97. The maximum absolute atomic E-state index is 13.1. The SMILES string of the molecule is CCC(C)c1ccccc1NC(=O)NCCc1cccc(F)c1. The summed E-state index contributed by atoms with van der Waals surface area (Å²) in [5.74, 6) is 0.133. The average Bonchev–Trinajstić information content (AvgIpc) is 2.55. The minimum absolute atomic E-state index is 0.239. The standard InChI is InChI=1S/C19H23FN2O/c1-3-14(2)17-9-4-5-10-18(17)22-19(23)21-12-11-15-7-6-8-16(20)13-15/h4-10,13-14H,3,11-12H2,1-2H3,(H2,21,22,23). The van der Waals surface area contributed by atoms with E-state index < -0.39 is 0 Å². The van der Waals surface area contributed by atoms with Crippen molar-refractivity contribution in [2.75, 3.05) is 11.9 Å². The summed E-state index contributed by atoms with van der Waals surface area (Å²) < 4.78 is 13.1. The lowest BCUT2D eigenvalue weighted by Crippen LogP contribution is -2.30. The molecule has 0 saturated heterocycles. The third-order valence-corrected chi connectivity index (χ3v) is 3.94. The molecule has 2 aromatic carbocycles. The second-order valence-corrected chi connectivity index (χ2v) is 5.66. The summed E-state index contributed by atoms with van der Waals surface area (Å²) in [5.41, 5.74) is 2.84. The van der Waals surface area contributed by atoms with Gasteiger partial charge in [0.25, 0.3) is 0 Å². The Morgan fingerprint density at radius 2 is 1.96 bits per heavy atom. The van der Waals surface area contributed by atoms with Gasteiger partial charge in [-0.05, 0) is 48.1 Å². The van der Waals surface area contributed by atoms with E-state index in [-0.39, 0.29) is 11.8 Å². The average molecular weight is 314 g/mol. The van der Waals surface area contributed by atoms with Crippen molar-refractivity contribution in [3.8, 4) is 0 Å². The van der Waals surface area contributed by atoms with Crippen molar-refractivity contribution >= 4 is 11.7 Å². The fraction of sp³-hybridized carbons (Fsp3) is 0.316. The topological polar surface area (TPSA) is 41.1 Å². The summed E-state index contributed by atoms with van der Waals surface area (Å²) in [6, 6.07) is 14.0. The van der Waals surface area contributed by atoms with E-state index in [1.165, 1.54) is 12.1 Å². The normalized spacial score (nSPS) is 11.8. The van der Waals surface area contributed by atoms with Crippen LogP contribution in [0.5, 0.6) is 0 Å². The highest BCUT2D eigenvalue weighted by Gasteiger charge is 2.10. The van der Waals surface area contributed by atoms with Crippen molar-refractivity contribution in [3.05, 3.63) is 65.5 Å². The molecule has 4 heteroatoms. The van der Waals surface area contributed by atoms with Crippen LogP contribution in [0.2, 0.25) is 0 Å². The molecule has 2 rings (SSSR count). The van der Waals surface area contributed by atoms with Crippen molar-refractivity contribution in [2.45, 2.75) is 32.6 Å². The maximum atomic E-state index is 13.1. The van der Waals surface area contributed by atoms with E-state index in [1.807, 2.05) is 30.3 Å². The second kappa shape index (κ2) is 8.32. The molecule has 0 spiro atoms. The van der Waals surface area contributed by atoms with E-state index >= 15 is 0 Å². The number of benzene rings is 2. The van der Waals surface area contributed by atoms with Gasteiger partial charge in [-0.2, -0.15) is 0 Å². The summed E-state index contributed by atoms with van der Waals surface area (Å²) in [5, 5.41) is 5.71. The molecule has 0 bridgehead atoms. The highest BCUT2D eigenvalue weighted by atomic mass is 19.1. The van der Waals surface area contributed by atoms with Crippen molar-refractivity contribution in [1.82, 2.24) is 5.32 Å². The van der Waals surface area contributed by atoms with Crippen molar-refractivity contribution in [2.24, 2.45) is 0 Å². The molecule has 0 radical (unpaired) electrons. The van der Waals surface area contributed by atoms with Gasteiger partial charge in [0, 0.05) is 12.2 Å². The van der Waals surface area contributed by atoms with Crippen LogP contribution in [0.1, 0.15) is 37.3 Å². The fourth-order valence-corrected chi connectivity index (χ4v) is 2.44. The Kier molecular flexibility index (Phi) is 6.15. The molecule has 1 unspecified atom stereocenters. The molecule has 0 aromatic heterocycles. The number of carbonyl (C=O) groups excluding carboxylic acids is 1. The number of amides is 2. The summed E-state index contributed by atoms with van der Waals surface area (Å²) in [6.07, 6.45) is 1.61. The molecule has 0 saturated carbocycles. The van der Waals surface area contributed by atoms with E-state index in [9.17, 15) is 9.18 Å². The van der Waals surface area contributed by atoms with Gasteiger partial charge in [0.05, 0.1) is 0 Å². The Morgan fingerprint density at radius 3 is 2.70 bits per heavy atom. The molecule has 2 aromatic rings. The number of nitrogens with one attached hydrogen (secondary N) is 2. The van der Waals surface area contributed by atoms with Crippen LogP contribution in [0.4, 0.5) is 14.9 Å². The van der Waals surface area contributed by atoms with Crippen molar-refractivity contribution < 1.29 is 9.18 Å². The molecule has 0 aliphatic carbocycles. The highest BCUT2D eigenvalue weighted by Crippen LogP contribution is 2.26. The van der Waals surface area contributed by atoms with Gasteiger partial charge in [0.2, 0.25) is 0 Å². The quantitative estimate of drug-likeness (QED) is 0.797. The van der Waals surface area contributed by atoms with Crippen LogP contribution in [-0.2, 0) is 6.42 Å². The third kappa shape index (κ3) is 5.09. The Balaban J connectivity index is 1.88. The first-order chi connectivity index (χ1) is 11.1. The number of halogens is 1. The molecule has 0 aliphatic heterocycles. The Labute approximate surface area is 136 Å². The fourth-order valence-electron chi connectivity index (χ4n) is 2.44. The third-order valence-electron chi connectivity index (χ3n) is 3.94. The van der Waals surface area contributed by atoms with Crippen molar-refractivity contribution in [1.29, 1.82) is 0 Å². The molecule has 122 valence electrons. The van der Waals surface area contributed by atoms with Gasteiger partial charge in [-0.25, -0.2) is 9.18 Å². The number of anilines is 1. The monoisotopic (exact) mass is 314 g/mol. The van der Waals surface area contributed by atoms with Crippen LogP contribution < -0.4 is 10.6 Å². The highest BCUT2D eigenvalue weighted by molar-refractivity contribution is 5.90. The molecule has 0 aliphatic rings. The molecule has 2 amide bonds. The van der Waals surface area contributed by atoms with E-state index in [0.29, 0.717) is 18.9 Å².